The van der Waals surface area contributed by atoms with Crippen molar-refractivity contribution < 1.29 is 0 Å². The van der Waals surface area contributed by atoms with Crippen LogP contribution in [0.25, 0.3) is 5.69 Å². The molecule has 0 spiro atoms. The van der Waals surface area contributed by atoms with Crippen molar-refractivity contribution in [2.45, 2.75) is 36.7 Å². The molecule has 21 heavy (non-hydrogen) atoms. The Bertz CT molecular complexity index is 762. The first kappa shape index (κ1) is 14.2. The van der Waals surface area contributed by atoms with Crippen LogP contribution in [0.5, 0.6) is 0 Å². The molecule has 0 saturated carbocycles. The summed E-state index contributed by atoms with van der Waals surface area (Å²) in [6.07, 6.45) is 0.848. The number of para-hydroxylation sites is 1. The third-order valence-corrected chi connectivity index (χ3v) is 4.83. The monoisotopic (exact) mass is 317 g/mol. The van der Waals surface area contributed by atoms with E-state index in [4.69, 9.17) is 0 Å². The first-order valence-electron chi connectivity index (χ1n) is 6.67. The van der Waals surface area contributed by atoms with Gasteiger partial charge in [0, 0.05) is 6.42 Å². The van der Waals surface area contributed by atoms with Crippen molar-refractivity contribution in [3.8, 4) is 5.69 Å². The van der Waals surface area contributed by atoms with Gasteiger partial charge in [-0.25, -0.2) is 4.98 Å². The van der Waals surface area contributed by atoms with E-state index < -0.39 is 0 Å². The lowest BCUT2D eigenvalue weighted by Gasteiger charge is -2.10. The van der Waals surface area contributed by atoms with Crippen LogP contribution in [0.15, 0.2) is 33.8 Å². The average Bonchev–Trinajstić information content (AvgIpc) is 3.08. The maximum absolute atomic E-state index is 4.48. The van der Waals surface area contributed by atoms with Gasteiger partial charge < -0.3 is 0 Å². The summed E-state index contributed by atoms with van der Waals surface area (Å²) < 4.78 is 7.27. The molecule has 0 aliphatic rings. The van der Waals surface area contributed by atoms with Crippen molar-refractivity contribution in [3.05, 3.63) is 41.5 Å². The molecular formula is C14H15N5S2. The number of hydrogen-bond acceptors (Lipinski definition) is 6. The minimum absolute atomic E-state index is 0.820. The van der Waals surface area contributed by atoms with E-state index in [1.54, 1.807) is 0 Å². The van der Waals surface area contributed by atoms with Crippen LogP contribution in [-0.2, 0) is 6.42 Å². The molecule has 0 N–H and O–H groups in total. The second-order valence-corrected chi connectivity index (χ2v) is 6.55. The van der Waals surface area contributed by atoms with Crippen LogP contribution in [-0.4, -0.2) is 24.1 Å². The summed E-state index contributed by atoms with van der Waals surface area (Å²) in [6.45, 7) is 6.10. The van der Waals surface area contributed by atoms with Gasteiger partial charge in [-0.3, -0.25) is 4.57 Å². The zero-order chi connectivity index (χ0) is 14.8. The molecule has 0 aliphatic carbocycles. The molecule has 2 aromatic heterocycles. The van der Waals surface area contributed by atoms with Crippen LogP contribution in [0.1, 0.15) is 24.1 Å². The standard InChI is InChI=1S/C14H15N5S2/c1-4-12-15-14(21-18-12)20-13-17-16-10(3)19(13)11-8-6-5-7-9(11)2/h5-8H,4H2,1-3H3. The summed E-state index contributed by atoms with van der Waals surface area (Å²) in [4.78, 5) is 4.48. The Labute approximate surface area is 131 Å². The number of nitrogens with zero attached hydrogens (tertiary/aromatic N) is 5. The molecule has 3 aromatic rings. The quantitative estimate of drug-likeness (QED) is 0.737. The lowest BCUT2D eigenvalue weighted by molar-refractivity contribution is 0.860. The van der Waals surface area contributed by atoms with E-state index in [9.17, 15) is 0 Å². The number of benzene rings is 1. The number of aromatic nitrogens is 5. The minimum Gasteiger partial charge on any atom is -0.274 e. The molecule has 1 aromatic carbocycles. The zero-order valence-electron chi connectivity index (χ0n) is 12.1. The highest BCUT2D eigenvalue weighted by molar-refractivity contribution is 8.00. The average molecular weight is 317 g/mol. The molecule has 0 saturated heterocycles. The number of hydrogen-bond donors (Lipinski definition) is 0. The molecule has 0 radical (unpaired) electrons. The van der Waals surface area contributed by atoms with Crippen molar-refractivity contribution in [1.82, 2.24) is 24.1 Å². The van der Waals surface area contributed by atoms with Crippen LogP contribution in [0, 0.1) is 13.8 Å². The highest BCUT2D eigenvalue weighted by atomic mass is 32.2. The van der Waals surface area contributed by atoms with Crippen LogP contribution in [0.3, 0.4) is 0 Å². The van der Waals surface area contributed by atoms with E-state index >= 15 is 0 Å². The van der Waals surface area contributed by atoms with E-state index in [1.165, 1.54) is 28.9 Å². The third-order valence-electron chi connectivity index (χ3n) is 3.10. The van der Waals surface area contributed by atoms with Gasteiger partial charge in [0.1, 0.15) is 11.6 Å². The van der Waals surface area contributed by atoms with Gasteiger partial charge in [0.25, 0.3) is 0 Å². The first-order valence-corrected chi connectivity index (χ1v) is 8.26. The Hall–Kier alpha value is -1.73. The van der Waals surface area contributed by atoms with Gasteiger partial charge in [0.2, 0.25) is 5.16 Å². The molecule has 0 aliphatic heterocycles. The van der Waals surface area contributed by atoms with Crippen LogP contribution in [0.4, 0.5) is 0 Å². The SMILES string of the molecule is CCc1nsc(Sc2nnc(C)n2-c2ccccc2C)n1. The van der Waals surface area contributed by atoms with E-state index in [2.05, 4.69) is 50.1 Å². The van der Waals surface area contributed by atoms with Crippen molar-refractivity contribution >= 4 is 23.3 Å². The summed E-state index contributed by atoms with van der Waals surface area (Å²) in [5.74, 6) is 1.74. The Kier molecular flexibility index (Phi) is 4.03. The van der Waals surface area contributed by atoms with Gasteiger partial charge in [-0.05, 0) is 48.8 Å². The molecule has 0 amide bonds. The van der Waals surface area contributed by atoms with E-state index in [0.717, 1.165) is 33.3 Å². The molecule has 3 rings (SSSR count). The fourth-order valence-corrected chi connectivity index (χ4v) is 3.70. The first-order chi connectivity index (χ1) is 10.2. The van der Waals surface area contributed by atoms with Gasteiger partial charge in [0.05, 0.1) is 5.69 Å². The fourth-order valence-electron chi connectivity index (χ4n) is 2.00. The predicted molar refractivity (Wildman–Crippen MR) is 84.2 cm³/mol. The molecule has 2 heterocycles. The van der Waals surface area contributed by atoms with Crippen LogP contribution in [0.2, 0.25) is 0 Å². The molecule has 5 nitrogen and oxygen atoms in total. The topological polar surface area (TPSA) is 56.5 Å². The Morgan fingerprint density at radius 2 is 2.00 bits per heavy atom. The van der Waals surface area contributed by atoms with Gasteiger partial charge in [-0.2, -0.15) is 4.37 Å². The Balaban J connectivity index is 1.99. The van der Waals surface area contributed by atoms with Gasteiger partial charge in [-0.1, -0.05) is 25.1 Å². The minimum atomic E-state index is 0.820. The highest BCUT2D eigenvalue weighted by Crippen LogP contribution is 2.30. The summed E-state index contributed by atoms with van der Waals surface area (Å²) in [6, 6.07) is 8.22. The van der Waals surface area contributed by atoms with E-state index in [1.807, 2.05) is 19.1 Å². The maximum Gasteiger partial charge on any atom is 0.202 e. The van der Waals surface area contributed by atoms with Crippen molar-refractivity contribution in [3.63, 3.8) is 0 Å². The van der Waals surface area contributed by atoms with Crippen LogP contribution >= 0.6 is 23.3 Å². The maximum atomic E-state index is 4.48. The Morgan fingerprint density at radius 1 is 1.19 bits per heavy atom. The Morgan fingerprint density at radius 3 is 2.71 bits per heavy atom. The lowest BCUT2D eigenvalue weighted by atomic mass is 10.2. The van der Waals surface area contributed by atoms with Crippen molar-refractivity contribution in [1.29, 1.82) is 0 Å². The van der Waals surface area contributed by atoms with E-state index in [-0.39, 0.29) is 0 Å². The van der Waals surface area contributed by atoms with Gasteiger partial charge >= 0.3 is 0 Å². The second-order valence-electron chi connectivity index (χ2n) is 4.58. The molecule has 7 heteroatoms. The summed E-state index contributed by atoms with van der Waals surface area (Å²) >= 11 is 2.92. The number of aryl methyl sites for hydroxylation is 3. The van der Waals surface area contributed by atoms with Crippen LogP contribution < -0.4 is 0 Å². The summed E-state index contributed by atoms with van der Waals surface area (Å²) in [5, 5.41) is 9.30. The van der Waals surface area contributed by atoms with Gasteiger partial charge in [-0.15, -0.1) is 10.2 Å². The zero-order valence-corrected chi connectivity index (χ0v) is 13.7. The fraction of sp³-hybridized carbons (Fsp3) is 0.286. The van der Waals surface area contributed by atoms with E-state index in [0.29, 0.717) is 0 Å². The molecule has 0 bridgehead atoms. The van der Waals surface area contributed by atoms with Crippen molar-refractivity contribution in [2.75, 3.05) is 0 Å². The van der Waals surface area contributed by atoms with Crippen molar-refractivity contribution in [2.24, 2.45) is 0 Å². The molecule has 0 fully saturated rings. The molecular weight excluding hydrogens is 302 g/mol. The molecule has 108 valence electrons. The van der Waals surface area contributed by atoms with Gasteiger partial charge in [0.15, 0.2) is 4.34 Å². The summed E-state index contributed by atoms with van der Waals surface area (Å²) in [5.41, 5.74) is 2.29. The third kappa shape index (κ3) is 2.84. The molecule has 0 unspecified atom stereocenters. The molecule has 0 atom stereocenters. The predicted octanol–water partition coefficient (Wildman–Crippen LogP) is 3.45. The number of rotatable bonds is 4. The second kappa shape index (κ2) is 5.95. The smallest absolute Gasteiger partial charge is 0.202 e. The lowest BCUT2D eigenvalue weighted by Crippen LogP contribution is -2.01. The normalized spacial score (nSPS) is 11.0. The largest absolute Gasteiger partial charge is 0.274 e. The summed E-state index contributed by atoms with van der Waals surface area (Å²) in [7, 11) is 0. The highest BCUT2D eigenvalue weighted by Gasteiger charge is 2.15.